The predicted octanol–water partition coefficient (Wildman–Crippen LogP) is -1.20. The third kappa shape index (κ3) is 2.69. The molecule has 0 saturated carbocycles. The van der Waals surface area contributed by atoms with E-state index in [0.717, 1.165) is 0 Å². The number of amides is 1. The van der Waals surface area contributed by atoms with Crippen LogP contribution >= 0.6 is 0 Å². The summed E-state index contributed by atoms with van der Waals surface area (Å²) in [6, 6.07) is -0.705. The molecule has 1 amide bonds. The van der Waals surface area contributed by atoms with E-state index >= 15 is 0 Å². The number of rotatable bonds is 3. The Morgan fingerprint density at radius 3 is 2.70 bits per heavy atom. The minimum absolute atomic E-state index is 0.0820. The standard InChI is InChI=1S/C11H19N5O3S/c1-14(2)11(17)10-8-15(3)4-5-16(10)20(18,19)9-6-12-13-7-9/h6-7,10H,4-5,8H2,1-3H3,(H,12,13). The summed E-state index contributed by atoms with van der Waals surface area (Å²) >= 11 is 0. The Labute approximate surface area is 118 Å². The molecule has 112 valence electrons. The van der Waals surface area contributed by atoms with Crippen LogP contribution in [0.1, 0.15) is 0 Å². The highest BCUT2D eigenvalue weighted by Gasteiger charge is 2.40. The van der Waals surface area contributed by atoms with Gasteiger partial charge in [0.15, 0.2) is 0 Å². The van der Waals surface area contributed by atoms with Crippen LogP contribution in [0, 0.1) is 0 Å². The number of piperazine rings is 1. The smallest absolute Gasteiger partial charge is 0.247 e. The van der Waals surface area contributed by atoms with E-state index in [1.807, 2.05) is 11.9 Å². The second-order valence-electron chi connectivity index (χ2n) is 5.06. The quantitative estimate of drug-likeness (QED) is 0.757. The van der Waals surface area contributed by atoms with Gasteiger partial charge in [0.1, 0.15) is 10.9 Å². The number of carbonyl (C=O) groups is 1. The summed E-state index contributed by atoms with van der Waals surface area (Å²) in [4.78, 5) is 15.7. The molecule has 9 heteroatoms. The van der Waals surface area contributed by atoms with Crippen LogP contribution in [0.4, 0.5) is 0 Å². The Hall–Kier alpha value is -1.45. The molecule has 0 radical (unpaired) electrons. The van der Waals surface area contributed by atoms with Crippen molar-refractivity contribution < 1.29 is 13.2 Å². The summed E-state index contributed by atoms with van der Waals surface area (Å²) in [5, 5.41) is 6.16. The zero-order valence-electron chi connectivity index (χ0n) is 11.8. The van der Waals surface area contributed by atoms with Gasteiger partial charge in [-0.15, -0.1) is 0 Å². The van der Waals surface area contributed by atoms with Crippen molar-refractivity contribution in [2.45, 2.75) is 10.9 Å². The highest BCUT2D eigenvalue weighted by molar-refractivity contribution is 7.89. The molecule has 20 heavy (non-hydrogen) atoms. The van der Waals surface area contributed by atoms with E-state index in [1.54, 1.807) is 14.1 Å². The molecule has 1 unspecified atom stereocenters. The van der Waals surface area contributed by atoms with Gasteiger partial charge in [-0.25, -0.2) is 8.42 Å². The van der Waals surface area contributed by atoms with Crippen molar-refractivity contribution in [1.82, 2.24) is 24.3 Å². The van der Waals surface area contributed by atoms with Crippen molar-refractivity contribution in [3.63, 3.8) is 0 Å². The molecule has 0 aliphatic carbocycles. The van der Waals surface area contributed by atoms with Crippen LogP contribution in [0.2, 0.25) is 0 Å². The molecule has 1 aliphatic heterocycles. The monoisotopic (exact) mass is 301 g/mol. The minimum atomic E-state index is -3.70. The topological polar surface area (TPSA) is 89.6 Å². The van der Waals surface area contributed by atoms with Gasteiger partial charge in [-0.1, -0.05) is 0 Å². The van der Waals surface area contributed by atoms with Crippen LogP contribution in [-0.4, -0.2) is 85.4 Å². The van der Waals surface area contributed by atoms with Crippen molar-refractivity contribution >= 4 is 15.9 Å². The lowest BCUT2D eigenvalue weighted by molar-refractivity contribution is -0.134. The third-order valence-corrected chi connectivity index (χ3v) is 5.21. The number of likely N-dealkylation sites (N-methyl/N-ethyl adjacent to an activating group) is 2. The minimum Gasteiger partial charge on any atom is -0.347 e. The Balaban J connectivity index is 2.35. The van der Waals surface area contributed by atoms with Gasteiger partial charge in [-0.05, 0) is 7.05 Å². The molecule has 1 aliphatic rings. The van der Waals surface area contributed by atoms with Gasteiger partial charge >= 0.3 is 0 Å². The molecule has 1 saturated heterocycles. The first-order valence-corrected chi connectivity index (χ1v) is 7.68. The van der Waals surface area contributed by atoms with E-state index < -0.39 is 16.1 Å². The summed E-state index contributed by atoms with van der Waals surface area (Å²) in [6.45, 7) is 1.26. The van der Waals surface area contributed by atoms with Crippen LogP contribution in [-0.2, 0) is 14.8 Å². The lowest BCUT2D eigenvalue weighted by Gasteiger charge is -2.38. The van der Waals surface area contributed by atoms with E-state index in [4.69, 9.17) is 0 Å². The SMILES string of the molecule is CN1CCN(S(=O)(=O)c2cn[nH]c2)C(C(=O)N(C)C)C1. The molecule has 1 aromatic heterocycles. The van der Waals surface area contributed by atoms with Crippen LogP contribution < -0.4 is 0 Å². The van der Waals surface area contributed by atoms with Crippen LogP contribution in [0.3, 0.4) is 0 Å². The normalized spacial score (nSPS) is 21.9. The number of aromatic nitrogens is 2. The van der Waals surface area contributed by atoms with Crippen LogP contribution in [0.25, 0.3) is 0 Å². The first-order chi connectivity index (χ1) is 9.34. The largest absolute Gasteiger partial charge is 0.347 e. The Morgan fingerprint density at radius 1 is 1.45 bits per heavy atom. The lowest BCUT2D eigenvalue weighted by Crippen LogP contribution is -2.59. The summed E-state index contributed by atoms with van der Waals surface area (Å²) in [7, 11) is 1.42. The van der Waals surface area contributed by atoms with Gasteiger partial charge in [-0.2, -0.15) is 9.40 Å². The highest BCUT2D eigenvalue weighted by Crippen LogP contribution is 2.21. The molecule has 1 fully saturated rings. The number of aromatic amines is 1. The van der Waals surface area contributed by atoms with Gasteiger partial charge in [0, 0.05) is 39.9 Å². The molecule has 0 spiro atoms. The second-order valence-corrected chi connectivity index (χ2v) is 6.95. The van der Waals surface area contributed by atoms with E-state index in [9.17, 15) is 13.2 Å². The number of hydrogen-bond donors (Lipinski definition) is 1. The molecular formula is C11H19N5O3S. The van der Waals surface area contributed by atoms with Crippen molar-refractivity contribution in [2.24, 2.45) is 0 Å². The fraction of sp³-hybridized carbons (Fsp3) is 0.636. The number of nitrogens with one attached hydrogen (secondary N) is 1. The molecule has 1 atom stereocenters. The Kier molecular flexibility index (Phi) is 4.11. The molecule has 1 aromatic rings. The van der Waals surface area contributed by atoms with E-state index in [2.05, 4.69) is 10.2 Å². The molecule has 8 nitrogen and oxygen atoms in total. The van der Waals surface area contributed by atoms with Crippen molar-refractivity contribution in [2.75, 3.05) is 40.8 Å². The number of sulfonamides is 1. The van der Waals surface area contributed by atoms with Gasteiger partial charge in [0.05, 0.1) is 6.20 Å². The zero-order valence-corrected chi connectivity index (χ0v) is 12.6. The van der Waals surface area contributed by atoms with Crippen molar-refractivity contribution in [3.8, 4) is 0 Å². The zero-order chi connectivity index (χ0) is 14.9. The van der Waals surface area contributed by atoms with Gasteiger partial charge in [0.25, 0.3) is 0 Å². The van der Waals surface area contributed by atoms with E-state index in [1.165, 1.54) is 21.6 Å². The predicted molar refractivity (Wildman–Crippen MR) is 72.5 cm³/mol. The second kappa shape index (κ2) is 5.51. The highest BCUT2D eigenvalue weighted by atomic mass is 32.2. The number of hydrogen-bond acceptors (Lipinski definition) is 5. The fourth-order valence-corrected chi connectivity index (χ4v) is 3.68. The van der Waals surface area contributed by atoms with Crippen LogP contribution in [0.15, 0.2) is 17.3 Å². The Morgan fingerprint density at radius 2 is 2.15 bits per heavy atom. The molecule has 0 bridgehead atoms. The number of H-pyrrole nitrogens is 1. The Bertz CT molecular complexity index is 569. The number of nitrogens with zero attached hydrogens (tertiary/aromatic N) is 4. The van der Waals surface area contributed by atoms with Gasteiger partial charge in [0.2, 0.25) is 15.9 Å². The molecule has 2 rings (SSSR count). The lowest BCUT2D eigenvalue weighted by atomic mass is 10.2. The summed E-state index contributed by atoms with van der Waals surface area (Å²) in [6.07, 6.45) is 2.58. The maximum Gasteiger partial charge on any atom is 0.247 e. The first kappa shape index (κ1) is 14.9. The molecular weight excluding hydrogens is 282 g/mol. The van der Waals surface area contributed by atoms with Gasteiger partial charge in [-0.3, -0.25) is 9.89 Å². The average Bonchev–Trinajstić information content (AvgIpc) is 2.91. The maximum atomic E-state index is 12.6. The number of carbonyl (C=O) groups excluding carboxylic acids is 1. The first-order valence-electron chi connectivity index (χ1n) is 6.24. The summed E-state index contributed by atoms with van der Waals surface area (Å²) < 4.78 is 26.4. The van der Waals surface area contributed by atoms with E-state index in [0.29, 0.717) is 13.1 Å². The summed E-state index contributed by atoms with van der Waals surface area (Å²) in [5.41, 5.74) is 0. The van der Waals surface area contributed by atoms with Crippen molar-refractivity contribution in [1.29, 1.82) is 0 Å². The maximum absolute atomic E-state index is 12.6. The van der Waals surface area contributed by atoms with E-state index in [-0.39, 0.29) is 17.3 Å². The molecule has 1 N–H and O–H groups in total. The van der Waals surface area contributed by atoms with Crippen molar-refractivity contribution in [3.05, 3.63) is 12.4 Å². The van der Waals surface area contributed by atoms with Crippen LogP contribution in [0.5, 0.6) is 0 Å². The molecule has 2 heterocycles. The average molecular weight is 301 g/mol. The van der Waals surface area contributed by atoms with Gasteiger partial charge < -0.3 is 9.80 Å². The fourth-order valence-electron chi connectivity index (χ4n) is 2.21. The molecule has 0 aromatic carbocycles. The third-order valence-electron chi connectivity index (χ3n) is 3.34. The summed E-state index contributed by atoms with van der Waals surface area (Å²) in [5.74, 6) is -0.219.